The smallest absolute Gasteiger partial charge is 0.107 e. The molecule has 0 aromatic carbocycles. The maximum atomic E-state index is 4.44. The van der Waals surface area contributed by atoms with Gasteiger partial charge in [-0.2, -0.15) is 0 Å². The minimum absolute atomic E-state index is 0.739. The molecule has 0 saturated carbocycles. The SMILES string of the molecule is c1ccc(CC2CCCN(Cc3nccs3)C2)nc1. The molecule has 2 aromatic heterocycles. The van der Waals surface area contributed by atoms with Crippen LogP contribution in [0.25, 0.3) is 0 Å². The van der Waals surface area contributed by atoms with Gasteiger partial charge in [0.25, 0.3) is 0 Å². The molecule has 1 unspecified atom stereocenters. The van der Waals surface area contributed by atoms with E-state index in [0.29, 0.717) is 0 Å². The number of hydrogen-bond acceptors (Lipinski definition) is 4. The van der Waals surface area contributed by atoms with E-state index in [1.807, 2.05) is 18.5 Å². The molecule has 19 heavy (non-hydrogen) atoms. The Morgan fingerprint density at radius 1 is 1.26 bits per heavy atom. The fourth-order valence-electron chi connectivity index (χ4n) is 2.80. The molecular weight excluding hydrogens is 254 g/mol. The first-order chi connectivity index (χ1) is 9.40. The average Bonchev–Trinajstić information content (AvgIpc) is 2.93. The number of nitrogens with zero attached hydrogens (tertiary/aromatic N) is 3. The lowest BCUT2D eigenvalue weighted by molar-refractivity contribution is 0.166. The highest BCUT2D eigenvalue weighted by Crippen LogP contribution is 2.22. The third-order valence-electron chi connectivity index (χ3n) is 3.67. The van der Waals surface area contributed by atoms with Gasteiger partial charge in [-0.3, -0.25) is 9.88 Å². The van der Waals surface area contributed by atoms with Crippen LogP contribution in [-0.4, -0.2) is 28.0 Å². The van der Waals surface area contributed by atoms with Gasteiger partial charge in [-0.25, -0.2) is 4.98 Å². The highest BCUT2D eigenvalue weighted by molar-refractivity contribution is 7.09. The Hall–Kier alpha value is -1.26. The van der Waals surface area contributed by atoms with Gasteiger partial charge >= 0.3 is 0 Å². The third-order valence-corrected chi connectivity index (χ3v) is 4.43. The quantitative estimate of drug-likeness (QED) is 0.857. The molecule has 100 valence electrons. The maximum absolute atomic E-state index is 4.44. The van der Waals surface area contributed by atoms with Gasteiger partial charge < -0.3 is 0 Å². The van der Waals surface area contributed by atoms with Crippen molar-refractivity contribution in [3.8, 4) is 0 Å². The fraction of sp³-hybridized carbons (Fsp3) is 0.467. The van der Waals surface area contributed by atoms with E-state index in [-0.39, 0.29) is 0 Å². The Bertz CT molecular complexity index is 483. The van der Waals surface area contributed by atoms with Gasteiger partial charge in [0.1, 0.15) is 5.01 Å². The molecule has 1 atom stereocenters. The first-order valence-corrected chi connectivity index (χ1v) is 7.79. The second-order valence-electron chi connectivity index (χ2n) is 5.19. The second kappa shape index (κ2) is 6.26. The molecule has 0 bridgehead atoms. The Morgan fingerprint density at radius 2 is 2.26 bits per heavy atom. The molecular formula is C15H19N3S. The van der Waals surface area contributed by atoms with Crippen molar-refractivity contribution in [3.05, 3.63) is 46.7 Å². The van der Waals surface area contributed by atoms with E-state index in [4.69, 9.17) is 0 Å². The van der Waals surface area contributed by atoms with Crippen LogP contribution in [0.2, 0.25) is 0 Å². The molecule has 3 rings (SSSR count). The topological polar surface area (TPSA) is 29.0 Å². The zero-order valence-corrected chi connectivity index (χ0v) is 11.9. The van der Waals surface area contributed by atoms with E-state index >= 15 is 0 Å². The summed E-state index contributed by atoms with van der Waals surface area (Å²) in [6.45, 7) is 3.39. The number of piperidine rings is 1. The number of likely N-dealkylation sites (tertiary alicyclic amines) is 1. The second-order valence-corrected chi connectivity index (χ2v) is 6.17. The Kier molecular flexibility index (Phi) is 4.20. The van der Waals surface area contributed by atoms with Crippen molar-refractivity contribution in [1.29, 1.82) is 0 Å². The number of pyridine rings is 1. The van der Waals surface area contributed by atoms with E-state index in [1.54, 1.807) is 11.3 Å². The third kappa shape index (κ3) is 3.61. The Balaban J connectivity index is 1.56. The number of aromatic nitrogens is 2. The molecule has 0 radical (unpaired) electrons. The first-order valence-electron chi connectivity index (χ1n) is 6.91. The normalized spacial score (nSPS) is 20.5. The average molecular weight is 273 g/mol. The standard InChI is InChI=1S/C15H19N3S/c1-2-6-16-14(5-1)10-13-4-3-8-18(11-13)12-15-17-7-9-19-15/h1-2,5-7,9,13H,3-4,8,10-12H2. The first kappa shape index (κ1) is 12.8. The van der Waals surface area contributed by atoms with Gasteiger partial charge in [0.2, 0.25) is 0 Å². The van der Waals surface area contributed by atoms with Crippen molar-refractivity contribution in [3.63, 3.8) is 0 Å². The summed E-state index contributed by atoms with van der Waals surface area (Å²) >= 11 is 1.76. The van der Waals surface area contributed by atoms with Gasteiger partial charge in [0, 0.05) is 30.0 Å². The summed E-state index contributed by atoms with van der Waals surface area (Å²) < 4.78 is 0. The monoisotopic (exact) mass is 273 g/mol. The summed E-state index contributed by atoms with van der Waals surface area (Å²) in [6, 6.07) is 6.21. The van der Waals surface area contributed by atoms with Gasteiger partial charge in [0.05, 0.1) is 6.54 Å². The molecule has 0 amide bonds. The molecule has 0 N–H and O–H groups in total. The van der Waals surface area contributed by atoms with Crippen molar-refractivity contribution < 1.29 is 0 Å². The highest BCUT2D eigenvalue weighted by Gasteiger charge is 2.21. The van der Waals surface area contributed by atoms with Crippen LogP contribution in [0.4, 0.5) is 0 Å². The largest absolute Gasteiger partial charge is 0.296 e. The summed E-state index contributed by atoms with van der Waals surface area (Å²) in [5.74, 6) is 0.739. The van der Waals surface area contributed by atoms with Crippen LogP contribution < -0.4 is 0 Å². The van der Waals surface area contributed by atoms with Crippen LogP contribution in [0, 0.1) is 5.92 Å². The lowest BCUT2D eigenvalue weighted by Gasteiger charge is -2.32. The lowest BCUT2D eigenvalue weighted by atomic mass is 9.93. The van der Waals surface area contributed by atoms with E-state index in [2.05, 4.69) is 32.4 Å². The highest BCUT2D eigenvalue weighted by atomic mass is 32.1. The Morgan fingerprint density at radius 3 is 3.05 bits per heavy atom. The molecule has 4 heteroatoms. The zero-order chi connectivity index (χ0) is 12.9. The number of rotatable bonds is 4. The molecule has 1 saturated heterocycles. The van der Waals surface area contributed by atoms with Crippen LogP contribution in [-0.2, 0) is 13.0 Å². The minimum Gasteiger partial charge on any atom is -0.296 e. The van der Waals surface area contributed by atoms with Gasteiger partial charge in [-0.15, -0.1) is 11.3 Å². The Labute approximate surface area is 118 Å². The van der Waals surface area contributed by atoms with E-state index in [0.717, 1.165) is 18.9 Å². The van der Waals surface area contributed by atoms with Gasteiger partial charge in [-0.1, -0.05) is 6.07 Å². The molecule has 0 aliphatic carbocycles. The van der Waals surface area contributed by atoms with Crippen LogP contribution >= 0.6 is 11.3 Å². The van der Waals surface area contributed by atoms with Crippen molar-refractivity contribution in [2.75, 3.05) is 13.1 Å². The molecule has 3 nitrogen and oxygen atoms in total. The molecule has 1 aliphatic heterocycles. The summed E-state index contributed by atoms with van der Waals surface area (Å²) in [6.07, 6.45) is 7.52. The van der Waals surface area contributed by atoms with Gasteiger partial charge in [-0.05, 0) is 43.9 Å². The predicted molar refractivity (Wildman–Crippen MR) is 78.1 cm³/mol. The fourth-order valence-corrected chi connectivity index (χ4v) is 3.46. The van der Waals surface area contributed by atoms with Crippen LogP contribution in [0.15, 0.2) is 36.0 Å². The molecule has 1 aliphatic rings. The number of thiazole rings is 1. The van der Waals surface area contributed by atoms with Crippen LogP contribution in [0.3, 0.4) is 0 Å². The zero-order valence-electron chi connectivity index (χ0n) is 11.0. The molecule has 0 spiro atoms. The molecule has 3 heterocycles. The van der Waals surface area contributed by atoms with Crippen LogP contribution in [0.1, 0.15) is 23.5 Å². The summed E-state index contributed by atoms with van der Waals surface area (Å²) in [5.41, 5.74) is 1.23. The van der Waals surface area contributed by atoms with Crippen LogP contribution in [0.5, 0.6) is 0 Å². The minimum atomic E-state index is 0.739. The summed E-state index contributed by atoms with van der Waals surface area (Å²) in [4.78, 5) is 11.4. The lowest BCUT2D eigenvalue weighted by Crippen LogP contribution is -2.35. The number of hydrogen-bond donors (Lipinski definition) is 0. The summed E-state index contributed by atoms with van der Waals surface area (Å²) in [5, 5.41) is 3.29. The van der Waals surface area contributed by atoms with Gasteiger partial charge in [0.15, 0.2) is 0 Å². The molecule has 2 aromatic rings. The van der Waals surface area contributed by atoms with Crippen molar-refractivity contribution in [1.82, 2.24) is 14.9 Å². The molecule has 1 fully saturated rings. The van der Waals surface area contributed by atoms with E-state index in [9.17, 15) is 0 Å². The van der Waals surface area contributed by atoms with E-state index < -0.39 is 0 Å². The van der Waals surface area contributed by atoms with Crippen molar-refractivity contribution >= 4 is 11.3 Å². The predicted octanol–water partition coefficient (Wildman–Crippen LogP) is 2.99. The maximum Gasteiger partial charge on any atom is 0.107 e. The van der Waals surface area contributed by atoms with Crippen molar-refractivity contribution in [2.24, 2.45) is 5.92 Å². The van der Waals surface area contributed by atoms with Crippen molar-refractivity contribution in [2.45, 2.75) is 25.8 Å². The summed E-state index contributed by atoms with van der Waals surface area (Å²) in [7, 11) is 0. The van der Waals surface area contributed by atoms with E-state index in [1.165, 1.54) is 36.6 Å².